The smallest absolute Gasteiger partial charge is 0.258 e. The number of rotatable bonds is 1. The van der Waals surface area contributed by atoms with Crippen LogP contribution in [0.25, 0.3) is 21.5 Å². The first-order valence-electron chi connectivity index (χ1n) is 6.36. The summed E-state index contributed by atoms with van der Waals surface area (Å²) in [5.74, 6) is 0. The van der Waals surface area contributed by atoms with Gasteiger partial charge in [0.15, 0.2) is 0 Å². The summed E-state index contributed by atoms with van der Waals surface area (Å²) in [6.45, 7) is 0. The lowest BCUT2D eigenvalue weighted by molar-refractivity contribution is -0.385. The Hall–Kier alpha value is -2.42. The first-order chi connectivity index (χ1) is 9.24. The number of benzene rings is 3. The number of nitrogens with zero attached hydrogens (tertiary/aromatic N) is 1. The van der Waals surface area contributed by atoms with Gasteiger partial charge < -0.3 is 0 Å². The van der Waals surface area contributed by atoms with Gasteiger partial charge in [-0.2, -0.15) is 0 Å². The Bertz CT molecular complexity index is 852. The summed E-state index contributed by atoms with van der Waals surface area (Å²) in [7, 11) is 0. The summed E-state index contributed by atoms with van der Waals surface area (Å²) >= 11 is 0. The third-order valence-corrected chi connectivity index (χ3v) is 4.03. The number of nitro groups is 1. The Morgan fingerprint density at radius 1 is 0.895 bits per heavy atom. The standard InChI is InChI=1S/C16H11NO2/c18-17(19)16-9-12-7-10-3-1-2-4-11(10)8-15(12)13-5-6-14(13)16/h1-4,7-9H,5-6H2. The van der Waals surface area contributed by atoms with Gasteiger partial charge in [0.1, 0.15) is 0 Å². The van der Waals surface area contributed by atoms with Gasteiger partial charge in [-0.3, -0.25) is 10.1 Å². The van der Waals surface area contributed by atoms with Crippen molar-refractivity contribution in [3.05, 3.63) is 63.7 Å². The van der Waals surface area contributed by atoms with Crippen molar-refractivity contribution >= 4 is 27.2 Å². The largest absolute Gasteiger partial charge is 0.273 e. The van der Waals surface area contributed by atoms with Gasteiger partial charge >= 0.3 is 0 Å². The monoisotopic (exact) mass is 249 g/mol. The van der Waals surface area contributed by atoms with Crippen LogP contribution in [0.15, 0.2) is 42.5 Å². The lowest BCUT2D eigenvalue weighted by atomic mass is 9.82. The fourth-order valence-corrected chi connectivity index (χ4v) is 2.99. The molecule has 19 heavy (non-hydrogen) atoms. The lowest BCUT2D eigenvalue weighted by Gasteiger charge is -2.21. The number of aryl methyl sites for hydroxylation is 1. The van der Waals surface area contributed by atoms with E-state index in [1.807, 2.05) is 18.2 Å². The van der Waals surface area contributed by atoms with Gasteiger partial charge in [0.2, 0.25) is 0 Å². The molecule has 3 heteroatoms. The van der Waals surface area contributed by atoms with E-state index in [0.29, 0.717) is 0 Å². The molecule has 0 heterocycles. The average Bonchev–Trinajstić information content (AvgIpc) is 2.36. The fourth-order valence-electron chi connectivity index (χ4n) is 2.99. The zero-order valence-electron chi connectivity index (χ0n) is 10.2. The third-order valence-electron chi connectivity index (χ3n) is 4.03. The summed E-state index contributed by atoms with van der Waals surface area (Å²) in [5.41, 5.74) is 2.37. The molecule has 0 spiro atoms. The van der Waals surface area contributed by atoms with Crippen LogP contribution < -0.4 is 0 Å². The average molecular weight is 249 g/mol. The summed E-state index contributed by atoms with van der Waals surface area (Å²) in [6, 6.07) is 14.1. The maximum Gasteiger partial charge on any atom is 0.273 e. The van der Waals surface area contributed by atoms with E-state index in [0.717, 1.165) is 34.7 Å². The normalized spacial score (nSPS) is 13.3. The van der Waals surface area contributed by atoms with Crippen molar-refractivity contribution in [1.82, 2.24) is 0 Å². The Balaban J connectivity index is 2.16. The van der Waals surface area contributed by atoms with Crippen molar-refractivity contribution in [2.75, 3.05) is 0 Å². The van der Waals surface area contributed by atoms with Crippen LogP contribution in [0.3, 0.4) is 0 Å². The second-order valence-electron chi connectivity index (χ2n) is 5.03. The van der Waals surface area contributed by atoms with Crippen molar-refractivity contribution < 1.29 is 4.92 Å². The van der Waals surface area contributed by atoms with Gasteiger partial charge in [-0.05, 0) is 52.1 Å². The predicted molar refractivity (Wildman–Crippen MR) is 75.5 cm³/mol. The highest BCUT2D eigenvalue weighted by atomic mass is 16.6. The molecular weight excluding hydrogens is 238 g/mol. The molecule has 1 aliphatic rings. The van der Waals surface area contributed by atoms with E-state index in [1.54, 1.807) is 6.07 Å². The topological polar surface area (TPSA) is 43.1 Å². The van der Waals surface area contributed by atoms with E-state index in [2.05, 4.69) is 18.2 Å². The number of nitro benzene ring substituents is 1. The van der Waals surface area contributed by atoms with Gasteiger partial charge in [-0.1, -0.05) is 24.3 Å². The van der Waals surface area contributed by atoms with Gasteiger partial charge in [0.25, 0.3) is 5.69 Å². The molecule has 3 nitrogen and oxygen atoms in total. The summed E-state index contributed by atoms with van der Waals surface area (Å²) in [5, 5.41) is 15.6. The minimum Gasteiger partial charge on any atom is -0.258 e. The zero-order chi connectivity index (χ0) is 13.0. The molecule has 0 aromatic heterocycles. The van der Waals surface area contributed by atoms with E-state index in [1.165, 1.54) is 10.8 Å². The van der Waals surface area contributed by atoms with Crippen LogP contribution in [0.4, 0.5) is 5.69 Å². The minimum absolute atomic E-state index is 0.257. The molecule has 0 unspecified atom stereocenters. The van der Waals surface area contributed by atoms with E-state index >= 15 is 0 Å². The number of hydrogen-bond acceptors (Lipinski definition) is 2. The summed E-state index contributed by atoms with van der Waals surface area (Å²) in [4.78, 5) is 10.9. The molecular formula is C16H11NO2. The molecule has 0 bridgehead atoms. The van der Waals surface area contributed by atoms with E-state index < -0.39 is 0 Å². The Morgan fingerprint density at radius 3 is 2.21 bits per heavy atom. The number of fused-ring (bicyclic) bond motifs is 4. The summed E-state index contributed by atoms with van der Waals surface area (Å²) in [6.07, 6.45) is 1.78. The second-order valence-corrected chi connectivity index (χ2v) is 5.03. The van der Waals surface area contributed by atoms with Crippen molar-refractivity contribution in [3.8, 4) is 0 Å². The highest BCUT2D eigenvalue weighted by Crippen LogP contribution is 2.39. The predicted octanol–water partition coefficient (Wildman–Crippen LogP) is 4.00. The molecule has 0 saturated heterocycles. The molecule has 3 aromatic rings. The maximum absolute atomic E-state index is 11.1. The van der Waals surface area contributed by atoms with Crippen LogP contribution in [0, 0.1) is 10.1 Å². The second kappa shape index (κ2) is 3.54. The van der Waals surface area contributed by atoms with Crippen molar-refractivity contribution in [2.45, 2.75) is 12.8 Å². The first kappa shape index (κ1) is 10.5. The van der Waals surface area contributed by atoms with Gasteiger partial charge in [0, 0.05) is 11.6 Å². The van der Waals surface area contributed by atoms with Gasteiger partial charge in [-0.15, -0.1) is 0 Å². The maximum atomic E-state index is 11.1. The van der Waals surface area contributed by atoms with Gasteiger partial charge in [0.05, 0.1) is 4.92 Å². The Kier molecular flexibility index (Phi) is 1.96. The van der Waals surface area contributed by atoms with Crippen LogP contribution in [0.1, 0.15) is 11.1 Å². The molecule has 1 aliphatic carbocycles. The number of hydrogen-bond donors (Lipinski definition) is 0. The van der Waals surface area contributed by atoms with Crippen molar-refractivity contribution in [3.63, 3.8) is 0 Å². The highest BCUT2D eigenvalue weighted by Gasteiger charge is 2.26. The van der Waals surface area contributed by atoms with E-state index in [4.69, 9.17) is 0 Å². The molecule has 3 aromatic carbocycles. The molecule has 4 rings (SSSR count). The highest BCUT2D eigenvalue weighted by molar-refractivity contribution is 6.01. The molecule has 0 aliphatic heterocycles. The zero-order valence-corrected chi connectivity index (χ0v) is 10.2. The van der Waals surface area contributed by atoms with E-state index in [9.17, 15) is 10.1 Å². The van der Waals surface area contributed by atoms with Gasteiger partial charge in [-0.25, -0.2) is 0 Å². The fraction of sp³-hybridized carbons (Fsp3) is 0.125. The Morgan fingerprint density at radius 2 is 1.58 bits per heavy atom. The Labute approximate surface area is 109 Å². The molecule has 0 N–H and O–H groups in total. The van der Waals surface area contributed by atoms with Crippen molar-refractivity contribution in [2.24, 2.45) is 0 Å². The van der Waals surface area contributed by atoms with E-state index in [-0.39, 0.29) is 10.6 Å². The molecule has 0 fully saturated rings. The molecule has 0 radical (unpaired) electrons. The van der Waals surface area contributed by atoms with Crippen LogP contribution in [0.5, 0.6) is 0 Å². The SMILES string of the molecule is O=[N+]([O-])c1cc2cc3ccccc3cc2c2c1CC2. The van der Waals surface area contributed by atoms with Crippen LogP contribution in [-0.2, 0) is 12.8 Å². The lowest BCUT2D eigenvalue weighted by Crippen LogP contribution is -2.12. The van der Waals surface area contributed by atoms with Crippen LogP contribution in [0.2, 0.25) is 0 Å². The van der Waals surface area contributed by atoms with Crippen molar-refractivity contribution in [1.29, 1.82) is 0 Å². The molecule has 0 atom stereocenters. The third kappa shape index (κ3) is 1.38. The summed E-state index contributed by atoms with van der Waals surface area (Å²) < 4.78 is 0. The van der Waals surface area contributed by atoms with Crippen LogP contribution in [-0.4, -0.2) is 4.92 Å². The molecule has 0 amide bonds. The quantitative estimate of drug-likeness (QED) is 0.371. The molecule has 0 saturated carbocycles. The van der Waals surface area contributed by atoms with Crippen LogP contribution >= 0.6 is 0 Å². The first-order valence-corrected chi connectivity index (χ1v) is 6.36. The molecule has 92 valence electrons. The minimum atomic E-state index is -0.257.